The highest BCUT2D eigenvalue weighted by Gasteiger charge is 2.13. The maximum atomic E-state index is 11.2. The average Bonchev–Trinajstić information content (AvgIpc) is 2.62. The fourth-order valence-electron chi connectivity index (χ4n) is 2.06. The van der Waals surface area contributed by atoms with Gasteiger partial charge in [0.2, 0.25) is 0 Å². The van der Waals surface area contributed by atoms with Crippen molar-refractivity contribution in [2.75, 3.05) is 7.11 Å². The molecule has 0 atom stereocenters. The summed E-state index contributed by atoms with van der Waals surface area (Å²) in [6.07, 6.45) is 1.96. The molecule has 0 saturated carbocycles. The lowest BCUT2D eigenvalue weighted by atomic mass is 10.1. The molecule has 2 rings (SSSR count). The number of aromatic hydroxyl groups is 1. The maximum Gasteiger partial charge on any atom is 0.154 e. The van der Waals surface area contributed by atoms with E-state index in [-0.39, 0.29) is 30.2 Å². The van der Waals surface area contributed by atoms with Gasteiger partial charge in [0.1, 0.15) is 11.5 Å². The molecule has 124 valence electrons. The molecule has 2 aromatic rings. The van der Waals surface area contributed by atoms with Crippen molar-refractivity contribution in [3.05, 3.63) is 63.3 Å². The van der Waals surface area contributed by atoms with Gasteiger partial charge >= 0.3 is 0 Å². The van der Waals surface area contributed by atoms with Crippen molar-refractivity contribution in [1.82, 2.24) is 4.98 Å². The van der Waals surface area contributed by atoms with Gasteiger partial charge in [0.15, 0.2) is 6.29 Å². The molecule has 1 aromatic carbocycles. The molecule has 0 saturated heterocycles. The van der Waals surface area contributed by atoms with E-state index in [9.17, 15) is 9.90 Å². The molecule has 8 nitrogen and oxygen atoms in total. The molecule has 0 amide bonds. The van der Waals surface area contributed by atoms with Gasteiger partial charge in [0.05, 0.1) is 38.1 Å². The summed E-state index contributed by atoms with van der Waals surface area (Å²) in [6, 6.07) is 7.40. The number of carbonyl (C=O) groups is 1. The summed E-state index contributed by atoms with van der Waals surface area (Å²) in [6.45, 7) is 0.322. The van der Waals surface area contributed by atoms with Gasteiger partial charge in [-0.15, -0.1) is 0 Å². The maximum absolute atomic E-state index is 11.2. The first kappa shape index (κ1) is 17.3. The fourth-order valence-corrected chi connectivity index (χ4v) is 2.06. The van der Waals surface area contributed by atoms with E-state index < -0.39 is 0 Å². The van der Waals surface area contributed by atoms with Gasteiger partial charge in [-0.1, -0.05) is 17.2 Å². The number of hydrogen-bond acceptors (Lipinski definition) is 6. The summed E-state index contributed by atoms with van der Waals surface area (Å²) >= 11 is 0. The van der Waals surface area contributed by atoms with Gasteiger partial charge in [-0.25, -0.2) is 0 Å². The lowest BCUT2D eigenvalue weighted by Crippen LogP contribution is -2.02. The Morgan fingerprint density at radius 1 is 1.33 bits per heavy atom. The number of aromatic nitrogens is 1. The van der Waals surface area contributed by atoms with E-state index in [1.165, 1.54) is 6.20 Å². The molecule has 0 aliphatic rings. The van der Waals surface area contributed by atoms with Crippen LogP contribution in [0.3, 0.4) is 0 Å². The van der Waals surface area contributed by atoms with Crippen LogP contribution in [0.15, 0.2) is 35.6 Å². The number of nitrogens with zero attached hydrogens (tertiary/aromatic N) is 4. The minimum Gasteiger partial charge on any atom is -0.505 e. The number of pyridine rings is 1. The van der Waals surface area contributed by atoms with Crippen LogP contribution in [0, 0.1) is 0 Å². The van der Waals surface area contributed by atoms with Crippen molar-refractivity contribution in [1.29, 1.82) is 0 Å². The zero-order valence-electron chi connectivity index (χ0n) is 13.0. The summed E-state index contributed by atoms with van der Waals surface area (Å²) in [5.74, 6) is 0.467. The van der Waals surface area contributed by atoms with Crippen LogP contribution >= 0.6 is 0 Å². The Hall–Kier alpha value is -3.09. The Bertz CT molecular complexity index is 755. The Kier molecular flexibility index (Phi) is 6.13. The highest BCUT2D eigenvalue weighted by atomic mass is 16.5. The zero-order valence-corrected chi connectivity index (χ0v) is 13.0. The molecule has 0 unspecified atom stereocenters. The normalized spacial score (nSPS) is 10.0. The number of rotatable bonds is 8. The summed E-state index contributed by atoms with van der Waals surface area (Å²) < 4.78 is 10.6. The van der Waals surface area contributed by atoms with E-state index in [2.05, 4.69) is 15.0 Å². The molecule has 0 bridgehead atoms. The average molecular weight is 328 g/mol. The van der Waals surface area contributed by atoms with Crippen molar-refractivity contribution in [3.8, 4) is 11.5 Å². The van der Waals surface area contributed by atoms with Crippen molar-refractivity contribution >= 4 is 6.29 Å². The second-order valence-corrected chi connectivity index (χ2v) is 4.84. The van der Waals surface area contributed by atoms with Crippen LogP contribution in [-0.2, 0) is 24.5 Å². The first-order valence-corrected chi connectivity index (χ1v) is 7.06. The minimum atomic E-state index is -0.289. The number of aldehydes is 1. The first-order valence-electron chi connectivity index (χ1n) is 7.06. The molecule has 0 aliphatic carbocycles. The Balaban J connectivity index is 2.04. The highest BCUT2D eigenvalue weighted by molar-refractivity contribution is 5.81. The molecule has 0 radical (unpaired) electrons. The fraction of sp³-hybridized carbons (Fsp3) is 0.250. The van der Waals surface area contributed by atoms with Crippen LogP contribution < -0.4 is 4.74 Å². The van der Waals surface area contributed by atoms with Gasteiger partial charge < -0.3 is 14.6 Å². The summed E-state index contributed by atoms with van der Waals surface area (Å²) in [7, 11) is 1.59. The Labute approximate surface area is 138 Å². The topological polar surface area (TPSA) is 117 Å². The number of azide groups is 1. The largest absolute Gasteiger partial charge is 0.505 e. The van der Waals surface area contributed by atoms with Gasteiger partial charge in [-0.05, 0) is 23.2 Å². The van der Waals surface area contributed by atoms with E-state index in [0.717, 1.165) is 11.3 Å². The molecule has 0 spiro atoms. The van der Waals surface area contributed by atoms with Gasteiger partial charge in [-0.2, -0.15) is 0 Å². The number of benzene rings is 1. The Morgan fingerprint density at radius 3 is 2.71 bits per heavy atom. The first-order chi connectivity index (χ1) is 11.7. The quantitative estimate of drug-likeness (QED) is 0.346. The Morgan fingerprint density at radius 2 is 2.08 bits per heavy atom. The molecular weight excluding hydrogens is 312 g/mol. The molecule has 24 heavy (non-hydrogen) atoms. The highest BCUT2D eigenvalue weighted by Crippen LogP contribution is 2.24. The molecule has 1 heterocycles. The summed E-state index contributed by atoms with van der Waals surface area (Å²) in [4.78, 5) is 17.8. The predicted molar refractivity (Wildman–Crippen MR) is 85.6 cm³/mol. The van der Waals surface area contributed by atoms with Crippen molar-refractivity contribution in [2.45, 2.75) is 19.8 Å². The number of methoxy groups -OCH3 is 1. The molecule has 8 heteroatoms. The smallest absolute Gasteiger partial charge is 0.154 e. The third-order valence-electron chi connectivity index (χ3n) is 3.34. The van der Waals surface area contributed by atoms with Crippen LogP contribution in [0.4, 0.5) is 0 Å². The SMILES string of the molecule is COc1ccc(COCc2cnc(CN=[N+]=[N-])c(O)c2C=O)cc1. The van der Waals surface area contributed by atoms with Gasteiger partial charge in [0, 0.05) is 16.7 Å². The zero-order chi connectivity index (χ0) is 17.4. The van der Waals surface area contributed by atoms with E-state index in [1.54, 1.807) is 7.11 Å². The summed E-state index contributed by atoms with van der Waals surface area (Å²) in [5.41, 5.74) is 9.95. The molecular formula is C16H16N4O4. The van der Waals surface area contributed by atoms with Crippen molar-refractivity contribution < 1.29 is 19.4 Å². The number of ether oxygens (including phenoxy) is 2. The van der Waals surface area contributed by atoms with Crippen molar-refractivity contribution in [2.24, 2.45) is 5.11 Å². The summed E-state index contributed by atoms with van der Waals surface area (Å²) in [5, 5.41) is 13.3. The van der Waals surface area contributed by atoms with Gasteiger partial charge in [0.25, 0.3) is 0 Å². The standard InChI is InChI=1S/C16H16N4O4/c1-23-13-4-2-11(3-5-13)9-24-10-12-6-18-15(7-19-20-17)16(22)14(12)8-21/h2-6,8,22H,7,9-10H2,1H3. The molecule has 1 aromatic heterocycles. The lowest BCUT2D eigenvalue weighted by molar-refractivity contribution is 0.103. The monoisotopic (exact) mass is 328 g/mol. The second-order valence-electron chi connectivity index (χ2n) is 4.84. The molecule has 0 fully saturated rings. The second kappa shape index (κ2) is 8.52. The van der Waals surface area contributed by atoms with Crippen LogP contribution in [0.5, 0.6) is 11.5 Å². The molecule has 0 aliphatic heterocycles. The van der Waals surface area contributed by atoms with E-state index >= 15 is 0 Å². The number of carbonyl (C=O) groups excluding carboxylic acids is 1. The van der Waals surface area contributed by atoms with E-state index in [1.807, 2.05) is 24.3 Å². The van der Waals surface area contributed by atoms with Gasteiger partial charge in [-0.3, -0.25) is 9.78 Å². The number of hydrogen-bond donors (Lipinski definition) is 1. The predicted octanol–water partition coefficient (Wildman–Crippen LogP) is 3.14. The lowest BCUT2D eigenvalue weighted by Gasteiger charge is -2.10. The van der Waals surface area contributed by atoms with Crippen LogP contribution in [-0.4, -0.2) is 23.5 Å². The van der Waals surface area contributed by atoms with Crippen LogP contribution in [0.1, 0.15) is 27.2 Å². The third kappa shape index (κ3) is 4.22. The third-order valence-corrected chi connectivity index (χ3v) is 3.34. The van der Waals surface area contributed by atoms with Crippen LogP contribution in [0.2, 0.25) is 0 Å². The minimum absolute atomic E-state index is 0.0860. The van der Waals surface area contributed by atoms with Crippen molar-refractivity contribution in [3.63, 3.8) is 0 Å². The van der Waals surface area contributed by atoms with E-state index in [4.69, 9.17) is 15.0 Å². The molecule has 1 N–H and O–H groups in total. The van der Waals surface area contributed by atoms with Crippen LogP contribution in [0.25, 0.3) is 10.4 Å². The van der Waals surface area contributed by atoms with E-state index in [0.29, 0.717) is 18.5 Å².